The molecule has 1 aliphatic heterocycles. The first kappa shape index (κ1) is 18.5. The fraction of sp³-hybridized carbons (Fsp3) is 0.381. The molecule has 2 aromatic rings. The zero-order valence-corrected chi connectivity index (χ0v) is 14.9. The average Bonchev–Trinajstić information content (AvgIpc) is 2.88. The van der Waals surface area contributed by atoms with Gasteiger partial charge in [-0.3, -0.25) is 9.69 Å². The number of hydrogen-bond donors (Lipinski definition) is 1. The number of aliphatic hydroxyl groups excluding tert-OH is 1. The molecule has 138 valence electrons. The summed E-state index contributed by atoms with van der Waals surface area (Å²) in [6.45, 7) is 3.25. The number of hydrogen-bond acceptors (Lipinski definition) is 3. The van der Waals surface area contributed by atoms with E-state index in [0.29, 0.717) is 32.6 Å². The van der Waals surface area contributed by atoms with Gasteiger partial charge >= 0.3 is 0 Å². The van der Waals surface area contributed by atoms with Crippen molar-refractivity contribution in [2.45, 2.75) is 18.9 Å². The van der Waals surface area contributed by atoms with Crippen LogP contribution in [-0.2, 0) is 6.42 Å². The fourth-order valence-electron chi connectivity index (χ4n) is 3.41. The van der Waals surface area contributed by atoms with E-state index in [-0.39, 0.29) is 11.5 Å². The molecule has 4 nitrogen and oxygen atoms in total. The lowest BCUT2D eigenvalue weighted by atomic mass is 10.1. The molecule has 0 aliphatic carbocycles. The van der Waals surface area contributed by atoms with Crippen molar-refractivity contribution < 1.29 is 14.3 Å². The molecule has 1 N–H and O–H groups in total. The number of β-amino-alcohol motifs (C(OH)–C–C–N with tert-alkyl or cyclic N) is 1. The second kappa shape index (κ2) is 8.92. The fourth-order valence-corrected chi connectivity index (χ4v) is 3.41. The van der Waals surface area contributed by atoms with Crippen LogP contribution in [0.2, 0.25) is 0 Å². The molecule has 1 fully saturated rings. The Bertz CT molecular complexity index is 723. The number of benzene rings is 2. The van der Waals surface area contributed by atoms with Gasteiger partial charge in [0, 0.05) is 26.2 Å². The highest BCUT2D eigenvalue weighted by atomic mass is 19.1. The predicted molar refractivity (Wildman–Crippen MR) is 99.5 cm³/mol. The minimum atomic E-state index is -0.475. The summed E-state index contributed by atoms with van der Waals surface area (Å²) in [5, 5.41) is 10.4. The van der Waals surface area contributed by atoms with Gasteiger partial charge in [0.1, 0.15) is 5.82 Å². The van der Waals surface area contributed by atoms with E-state index in [0.717, 1.165) is 18.5 Å². The van der Waals surface area contributed by atoms with Crippen molar-refractivity contribution >= 4 is 5.91 Å². The zero-order valence-electron chi connectivity index (χ0n) is 14.9. The first-order valence-corrected chi connectivity index (χ1v) is 9.11. The molecule has 0 bridgehead atoms. The van der Waals surface area contributed by atoms with Gasteiger partial charge in [-0.15, -0.1) is 0 Å². The third kappa shape index (κ3) is 4.90. The van der Waals surface area contributed by atoms with Crippen LogP contribution in [0.1, 0.15) is 22.3 Å². The monoisotopic (exact) mass is 356 g/mol. The molecule has 3 rings (SSSR count). The van der Waals surface area contributed by atoms with Crippen molar-refractivity contribution in [2.24, 2.45) is 0 Å². The van der Waals surface area contributed by atoms with Gasteiger partial charge in [0.15, 0.2) is 0 Å². The third-order valence-corrected chi connectivity index (χ3v) is 4.76. The molecule has 0 radical (unpaired) electrons. The Balaban J connectivity index is 1.53. The molecule has 0 saturated carbocycles. The number of halogens is 1. The maximum absolute atomic E-state index is 13.9. The van der Waals surface area contributed by atoms with Gasteiger partial charge < -0.3 is 10.0 Å². The minimum Gasteiger partial charge on any atom is -0.391 e. The molecule has 0 spiro atoms. The zero-order chi connectivity index (χ0) is 18.4. The molecule has 1 unspecified atom stereocenters. The molecular formula is C21H25FN2O2. The lowest BCUT2D eigenvalue weighted by molar-refractivity contribution is 0.0750. The molecule has 1 saturated heterocycles. The van der Waals surface area contributed by atoms with Gasteiger partial charge in [0.25, 0.3) is 5.91 Å². The Kier molecular flexibility index (Phi) is 6.36. The van der Waals surface area contributed by atoms with Crippen LogP contribution in [0.3, 0.4) is 0 Å². The Labute approximate surface area is 153 Å². The number of nitrogens with zero attached hydrogens (tertiary/aromatic N) is 2. The second-order valence-corrected chi connectivity index (χ2v) is 6.77. The van der Waals surface area contributed by atoms with E-state index in [1.165, 1.54) is 12.1 Å². The Morgan fingerprint density at radius 3 is 2.50 bits per heavy atom. The van der Waals surface area contributed by atoms with E-state index in [2.05, 4.69) is 4.90 Å². The summed E-state index contributed by atoms with van der Waals surface area (Å²) in [5.41, 5.74) is 1.25. The van der Waals surface area contributed by atoms with Crippen LogP contribution in [0.15, 0.2) is 54.6 Å². The number of rotatable bonds is 5. The molecule has 1 aliphatic rings. The van der Waals surface area contributed by atoms with Crippen LogP contribution in [0.5, 0.6) is 0 Å². The Hall–Kier alpha value is -2.24. The lowest BCUT2D eigenvalue weighted by Gasteiger charge is -2.24. The highest BCUT2D eigenvalue weighted by molar-refractivity contribution is 5.94. The molecule has 5 heteroatoms. The number of aliphatic hydroxyl groups is 1. The maximum Gasteiger partial charge on any atom is 0.256 e. The van der Waals surface area contributed by atoms with Crippen molar-refractivity contribution in [3.63, 3.8) is 0 Å². The van der Waals surface area contributed by atoms with Gasteiger partial charge in [-0.2, -0.15) is 0 Å². The van der Waals surface area contributed by atoms with E-state index in [9.17, 15) is 14.3 Å². The first-order valence-electron chi connectivity index (χ1n) is 9.11. The average molecular weight is 356 g/mol. The Morgan fingerprint density at radius 1 is 1.00 bits per heavy atom. The number of amides is 1. The molecule has 1 heterocycles. The summed E-state index contributed by atoms with van der Waals surface area (Å²) >= 11 is 0. The van der Waals surface area contributed by atoms with Crippen LogP contribution in [-0.4, -0.2) is 59.6 Å². The van der Waals surface area contributed by atoms with Crippen molar-refractivity contribution in [3.05, 3.63) is 71.5 Å². The van der Waals surface area contributed by atoms with E-state index < -0.39 is 11.9 Å². The molecule has 1 atom stereocenters. The van der Waals surface area contributed by atoms with E-state index in [4.69, 9.17) is 0 Å². The smallest absolute Gasteiger partial charge is 0.256 e. The van der Waals surface area contributed by atoms with Crippen LogP contribution in [0.4, 0.5) is 4.39 Å². The van der Waals surface area contributed by atoms with E-state index in [1.54, 1.807) is 17.0 Å². The van der Waals surface area contributed by atoms with Crippen molar-refractivity contribution in [1.82, 2.24) is 9.80 Å². The van der Waals surface area contributed by atoms with Crippen LogP contribution < -0.4 is 0 Å². The predicted octanol–water partition coefficient (Wildman–Crippen LogP) is 2.58. The molecular weight excluding hydrogens is 331 g/mol. The van der Waals surface area contributed by atoms with Crippen LogP contribution in [0, 0.1) is 5.82 Å². The molecule has 26 heavy (non-hydrogen) atoms. The number of carbonyl (C=O) groups excluding carboxylic acids is 1. The van der Waals surface area contributed by atoms with Crippen LogP contribution in [0.25, 0.3) is 0 Å². The largest absolute Gasteiger partial charge is 0.391 e. The number of carbonyl (C=O) groups is 1. The molecule has 1 amide bonds. The topological polar surface area (TPSA) is 43.8 Å². The summed E-state index contributed by atoms with van der Waals surface area (Å²) in [4.78, 5) is 16.5. The first-order chi connectivity index (χ1) is 12.6. The quantitative estimate of drug-likeness (QED) is 0.896. The summed E-state index contributed by atoms with van der Waals surface area (Å²) in [7, 11) is 0. The van der Waals surface area contributed by atoms with Gasteiger partial charge in [-0.25, -0.2) is 4.39 Å². The summed E-state index contributed by atoms with van der Waals surface area (Å²) in [5.74, 6) is -0.730. The standard InChI is InChI=1S/C21H25FN2O2/c22-20-10-5-4-9-19(20)21(26)24-12-6-11-23(13-14-24)16-18(25)15-17-7-2-1-3-8-17/h1-5,7-10,18,25H,6,11-16H2. The second-order valence-electron chi connectivity index (χ2n) is 6.77. The van der Waals surface area contributed by atoms with E-state index in [1.807, 2.05) is 30.3 Å². The van der Waals surface area contributed by atoms with Gasteiger partial charge in [-0.05, 0) is 37.1 Å². The maximum atomic E-state index is 13.9. The summed E-state index contributed by atoms with van der Waals surface area (Å²) in [6, 6.07) is 16.1. The lowest BCUT2D eigenvalue weighted by Crippen LogP contribution is -2.38. The minimum absolute atomic E-state index is 0.130. The molecule has 0 aromatic heterocycles. The van der Waals surface area contributed by atoms with Crippen molar-refractivity contribution in [2.75, 3.05) is 32.7 Å². The van der Waals surface area contributed by atoms with E-state index >= 15 is 0 Å². The van der Waals surface area contributed by atoms with Gasteiger partial charge in [0.05, 0.1) is 11.7 Å². The van der Waals surface area contributed by atoms with Crippen molar-refractivity contribution in [3.8, 4) is 0 Å². The van der Waals surface area contributed by atoms with Crippen LogP contribution >= 0.6 is 0 Å². The summed E-state index contributed by atoms with van der Waals surface area (Å²) in [6.07, 6.45) is 0.999. The summed E-state index contributed by atoms with van der Waals surface area (Å²) < 4.78 is 13.9. The Morgan fingerprint density at radius 2 is 1.73 bits per heavy atom. The van der Waals surface area contributed by atoms with Gasteiger partial charge in [0.2, 0.25) is 0 Å². The highest BCUT2D eigenvalue weighted by Gasteiger charge is 2.23. The SMILES string of the molecule is O=C(c1ccccc1F)N1CCCN(CC(O)Cc2ccccc2)CC1. The normalized spacial score (nSPS) is 16.9. The van der Waals surface area contributed by atoms with Gasteiger partial charge in [-0.1, -0.05) is 42.5 Å². The van der Waals surface area contributed by atoms with Crippen molar-refractivity contribution in [1.29, 1.82) is 0 Å². The molecule has 2 aromatic carbocycles. The highest BCUT2D eigenvalue weighted by Crippen LogP contribution is 2.13. The third-order valence-electron chi connectivity index (χ3n) is 4.76.